The Kier molecular flexibility index (Phi) is 3.46. The van der Waals surface area contributed by atoms with Gasteiger partial charge in [-0.2, -0.15) is 0 Å². The van der Waals surface area contributed by atoms with Gasteiger partial charge >= 0.3 is 0 Å². The first-order chi connectivity index (χ1) is 11.6. The Bertz CT molecular complexity index is 1060. The number of halogens is 1. The zero-order valence-electron chi connectivity index (χ0n) is 12.4. The molecule has 2 N–H and O–H groups in total. The highest BCUT2D eigenvalue weighted by Gasteiger charge is 2.17. The number of aromatic amines is 1. The molecule has 4 rings (SSSR count). The van der Waals surface area contributed by atoms with Gasteiger partial charge in [-0.25, -0.2) is 4.68 Å². The highest BCUT2D eigenvalue weighted by Crippen LogP contribution is 2.33. The van der Waals surface area contributed by atoms with Gasteiger partial charge in [0.2, 0.25) is 5.88 Å². The first-order valence-electron chi connectivity index (χ1n) is 7.28. The highest BCUT2D eigenvalue weighted by atomic mass is 79.9. The molecule has 24 heavy (non-hydrogen) atoms. The molecule has 6 heteroatoms. The van der Waals surface area contributed by atoms with E-state index in [4.69, 9.17) is 0 Å². The number of allylic oxidation sites excluding steroid dienone is 1. The van der Waals surface area contributed by atoms with Crippen LogP contribution in [-0.4, -0.2) is 21.1 Å². The molecular formula is C18H12BrN3O2. The van der Waals surface area contributed by atoms with Crippen LogP contribution in [0.5, 0.6) is 5.88 Å². The van der Waals surface area contributed by atoms with Crippen molar-refractivity contribution in [3.05, 3.63) is 74.5 Å². The van der Waals surface area contributed by atoms with Crippen LogP contribution in [-0.2, 0) is 0 Å². The summed E-state index contributed by atoms with van der Waals surface area (Å²) in [5, 5.41) is 13.1. The Balaban J connectivity index is 1.83. The summed E-state index contributed by atoms with van der Waals surface area (Å²) in [7, 11) is 0. The van der Waals surface area contributed by atoms with Gasteiger partial charge in [0.25, 0.3) is 5.56 Å². The number of benzene rings is 2. The van der Waals surface area contributed by atoms with Crippen LogP contribution in [0.25, 0.3) is 17.3 Å². The Morgan fingerprint density at radius 1 is 1.17 bits per heavy atom. The molecule has 0 spiro atoms. The molecule has 5 nitrogen and oxygen atoms in total. The van der Waals surface area contributed by atoms with Crippen molar-refractivity contribution in [2.75, 3.05) is 0 Å². The molecule has 118 valence electrons. The number of hydrogen-bond acceptors (Lipinski definition) is 3. The molecular weight excluding hydrogens is 370 g/mol. The average molecular weight is 382 g/mol. The summed E-state index contributed by atoms with van der Waals surface area (Å²) >= 11 is 3.38. The molecule has 0 saturated heterocycles. The van der Waals surface area contributed by atoms with Gasteiger partial charge in [0.05, 0.1) is 11.4 Å². The highest BCUT2D eigenvalue weighted by molar-refractivity contribution is 9.10. The van der Waals surface area contributed by atoms with Gasteiger partial charge in [0.1, 0.15) is 5.56 Å². The van der Waals surface area contributed by atoms with Crippen LogP contribution in [0.2, 0.25) is 0 Å². The molecule has 2 heterocycles. The van der Waals surface area contributed by atoms with Crippen LogP contribution in [0.3, 0.4) is 0 Å². The normalized spacial score (nSPS) is 14.3. The van der Waals surface area contributed by atoms with E-state index in [0.717, 1.165) is 21.3 Å². The quantitative estimate of drug-likeness (QED) is 0.706. The lowest BCUT2D eigenvalue weighted by atomic mass is 10.1. The lowest BCUT2D eigenvalue weighted by molar-refractivity contribution is 0.432. The zero-order chi connectivity index (χ0) is 16.7. The Hall–Kier alpha value is -2.86. The summed E-state index contributed by atoms with van der Waals surface area (Å²) in [6.07, 6.45) is 3.35. The summed E-state index contributed by atoms with van der Waals surface area (Å²) in [4.78, 5) is 16.6. The maximum atomic E-state index is 12.3. The van der Waals surface area contributed by atoms with E-state index in [1.54, 1.807) is 24.4 Å². The SMILES string of the molecule is O=c1[nH]n(-c2cccc(Br)c2)c(O)c1/C=C1\C=Nc2ccccc21. The Morgan fingerprint density at radius 3 is 2.83 bits per heavy atom. The minimum atomic E-state index is -0.363. The summed E-state index contributed by atoms with van der Waals surface area (Å²) in [5.74, 6) is -0.136. The van der Waals surface area contributed by atoms with E-state index in [1.807, 2.05) is 36.4 Å². The molecule has 0 unspecified atom stereocenters. The Labute approximate surface area is 145 Å². The molecule has 1 aliphatic rings. The molecule has 3 aromatic rings. The smallest absolute Gasteiger partial charge is 0.275 e. The van der Waals surface area contributed by atoms with E-state index < -0.39 is 0 Å². The lowest BCUT2D eigenvalue weighted by Crippen LogP contribution is -2.05. The van der Waals surface area contributed by atoms with E-state index in [2.05, 4.69) is 26.0 Å². The number of H-pyrrole nitrogens is 1. The van der Waals surface area contributed by atoms with Crippen molar-refractivity contribution in [1.29, 1.82) is 0 Å². The van der Waals surface area contributed by atoms with E-state index in [1.165, 1.54) is 4.68 Å². The van der Waals surface area contributed by atoms with Crippen molar-refractivity contribution < 1.29 is 5.11 Å². The van der Waals surface area contributed by atoms with Crippen LogP contribution in [0.15, 0.2) is 62.8 Å². The molecule has 0 fully saturated rings. The lowest BCUT2D eigenvalue weighted by Gasteiger charge is -2.04. The number of hydrogen-bond donors (Lipinski definition) is 2. The average Bonchev–Trinajstić information content (AvgIpc) is 3.11. The van der Waals surface area contributed by atoms with Crippen LogP contribution in [0, 0.1) is 0 Å². The number of nitrogens with zero attached hydrogens (tertiary/aromatic N) is 2. The van der Waals surface area contributed by atoms with Crippen molar-refractivity contribution in [2.24, 2.45) is 4.99 Å². The molecule has 1 aliphatic heterocycles. The molecule has 0 amide bonds. The van der Waals surface area contributed by atoms with E-state index in [9.17, 15) is 9.90 Å². The second-order valence-corrected chi connectivity index (χ2v) is 6.28. The minimum absolute atomic E-state index is 0.136. The van der Waals surface area contributed by atoms with E-state index in [-0.39, 0.29) is 17.0 Å². The second-order valence-electron chi connectivity index (χ2n) is 5.37. The maximum absolute atomic E-state index is 12.3. The first kappa shape index (κ1) is 14.7. The number of aliphatic imine (C=N–C) groups is 1. The molecule has 0 saturated carbocycles. The van der Waals surface area contributed by atoms with Gasteiger partial charge in [0, 0.05) is 21.8 Å². The Morgan fingerprint density at radius 2 is 2.00 bits per heavy atom. The molecule has 0 bridgehead atoms. The van der Waals surface area contributed by atoms with Crippen molar-refractivity contribution in [3.8, 4) is 11.6 Å². The van der Waals surface area contributed by atoms with Gasteiger partial charge in [-0.3, -0.25) is 14.9 Å². The topological polar surface area (TPSA) is 70.4 Å². The summed E-state index contributed by atoms with van der Waals surface area (Å²) in [5.41, 5.74) is 3.07. The number of aromatic nitrogens is 2. The fourth-order valence-electron chi connectivity index (χ4n) is 2.68. The van der Waals surface area contributed by atoms with Crippen molar-refractivity contribution in [2.45, 2.75) is 0 Å². The van der Waals surface area contributed by atoms with Gasteiger partial charge < -0.3 is 5.11 Å². The molecule has 2 aromatic carbocycles. The predicted molar refractivity (Wildman–Crippen MR) is 98.2 cm³/mol. The number of nitrogens with one attached hydrogen (secondary N) is 1. The largest absolute Gasteiger partial charge is 0.493 e. The molecule has 0 atom stereocenters. The van der Waals surface area contributed by atoms with Gasteiger partial charge in [-0.05, 0) is 30.3 Å². The zero-order valence-corrected chi connectivity index (χ0v) is 14.0. The summed E-state index contributed by atoms with van der Waals surface area (Å²) in [6, 6.07) is 15.0. The number of para-hydroxylation sites is 1. The van der Waals surface area contributed by atoms with Gasteiger partial charge in [-0.15, -0.1) is 0 Å². The predicted octanol–water partition coefficient (Wildman–Crippen LogP) is 3.89. The number of fused-ring (bicyclic) bond motifs is 1. The van der Waals surface area contributed by atoms with Crippen molar-refractivity contribution >= 4 is 39.5 Å². The van der Waals surface area contributed by atoms with Gasteiger partial charge in [-0.1, -0.05) is 40.2 Å². The third-order valence-corrected chi connectivity index (χ3v) is 4.33. The standard InChI is InChI=1S/C18H12BrN3O2/c19-12-4-3-5-13(9-12)22-18(24)15(17(23)21-22)8-11-10-20-16-7-2-1-6-14(11)16/h1-10,24H,(H,21,23)/b11-8+. The fraction of sp³-hybridized carbons (Fsp3) is 0. The fourth-order valence-corrected chi connectivity index (χ4v) is 3.07. The van der Waals surface area contributed by atoms with Crippen LogP contribution in [0.1, 0.15) is 11.1 Å². The molecule has 0 aliphatic carbocycles. The molecule has 1 aromatic heterocycles. The number of rotatable bonds is 2. The minimum Gasteiger partial charge on any atom is -0.493 e. The van der Waals surface area contributed by atoms with Crippen LogP contribution in [0.4, 0.5) is 5.69 Å². The van der Waals surface area contributed by atoms with Crippen molar-refractivity contribution in [3.63, 3.8) is 0 Å². The van der Waals surface area contributed by atoms with Crippen molar-refractivity contribution in [1.82, 2.24) is 9.78 Å². The van der Waals surface area contributed by atoms with Crippen LogP contribution >= 0.6 is 15.9 Å². The summed E-state index contributed by atoms with van der Waals surface area (Å²) in [6.45, 7) is 0. The third-order valence-electron chi connectivity index (χ3n) is 3.83. The summed E-state index contributed by atoms with van der Waals surface area (Å²) < 4.78 is 2.21. The van der Waals surface area contributed by atoms with Crippen LogP contribution < -0.4 is 5.56 Å². The second kappa shape index (κ2) is 5.65. The van der Waals surface area contributed by atoms with Gasteiger partial charge in [0.15, 0.2) is 0 Å². The maximum Gasteiger partial charge on any atom is 0.275 e. The molecule has 0 radical (unpaired) electrons. The third kappa shape index (κ3) is 2.41. The number of aromatic hydroxyl groups is 1. The van der Waals surface area contributed by atoms with E-state index >= 15 is 0 Å². The first-order valence-corrected chi connectivity index (χ1v) is 8.08. The monoisotopic (exact) mass is 381 g/mol. The van der Waals surface area contributed by atoms with E-state index in [0.29, 0.717) is 5.69 Å².